The number of nitrogens with one attached hydrogen (secondary N) is 1. The molecule has 0 bridgehead atoms. The minimum Gasteiger partial charge on any atom is -0.494 e. The first kappa shape index (κ1) is 21.8. The summed E-state index contributed by atoms with van der Waals surface area (Å²) in [6, 6.07) is 16.3. The average Bonchev–Trinajstić information content (AvgIpc) is 3.12. The molecule has 0 spiro atoms. The highest BCUT2D eigenvalue weighted by Crippen LogP contribution is 2.21. The number of methoxy groups -OCH3 is 1. The van der Waals surface area contributed by atoms with Crippen LogP contribution in [0.5, 0.6) is 5.75 Å². The summed E-state index contributed by atoms with van der Waals surface area (Å²) in [6.07, 6.45) is 0.604. The molecule has 0 saturated carbocycles. The molecule has 0 amide bonds. The van der Waals surface area contributed by atoms with Gasteiger partial charge in [0.25, 0.3) is 0 Å². The van der Waals surface area contributed by atoms with Crippen molar-refractivity contribution in [1.82, 2.24) is 14.9 Å². The molecular formula is C24H31N3O3. The number of ether oxygens (including phenoxy) is 2. The van der Waals surface area contributed by atoms with Crippen LogP contribution in [0.1, 0.15) is 38.2 Å². The molecule has 30 heavy (non-hydrogen) atoms. The number of carbonyl (C=O) groups excluding carboxylic acids is 1. The normalized spacial score (nSPS) is 12.3. The van der Waals surface area contributed by atoms with E-state index in [0.717, 1.165) is 28.2 Å². The van der Waals surface area contributed by atoms with Gasteiger partial charge in [0.15, 0.2) is 0 Å². The van der Waals surface area contributed by atoms with Crippen LogP contribution in [0.15, 0.2) is 48.5 Å². The number of esters is 1. The molecule has 3 rings (SSSR count). The molecule has 3 aromatic rings. The summed E-state index contributed by atoms with van der Waals surface area (Å²) in [5.74, 6) is 1.32. The SMILES string of the molecule is CCOc1ccc(C[C@H](CNCc2nc3ccccc3n2C(C)C)C(=O)OC)cc1. The van der Waals surface area contributed by atoms with Crippen LogP contribution >= 0.6 is 0 Å². The van der Waals surface area contributed by atoms with Gasteiger partial charge in [-0.3, -0.25) is 4.79 Å². The summed E-state index contributed by atoms with van der Waals surface area (Å²) >= 11 is 0. The molecule has 1 atom stereocenters. The maximum absolute atomic E-state index is 12.3. The van der Waals surface area contributed by atoms with Crippen molar-refractivity contribution in [3.05, 3.63) is 59.9 Å². The summed E-state index contributed by atoms with van der Waals surface area (Å²) in [5, 5.41) is 3.42. The summed E-state index contributed by atoms with van der Waals surface area (Å²) in [7, 11) is 1.44. The van der Waals surface area contributed by atoms with Crippen LogP contribution in [-0.2, 0) is 22.5 Å². The topological polar surface area (TPSA) is 65.4 Å². The Morgan fingerprint density at radius 1 is 1.13 bits per heavy atom. The fraction of sp³-hybridized carbons (Fsp3) is 0.417. The van der Waals surface area contributed by atoms with Crippen LogP contribution in [0.4, 0.5) is 0 Å². The second kappa shape index (κ2) is 10.3. The number of fused-ring (bicyclic) bond motifs is 1. The van der Waals surface area contributed by atoms with Crippen molar-refractivity contribution in [2.24, 2.45) is 5.92 Å². The smallest absolute Gasteiger partial charge is 0.310 e. The monoisotopic (exact) mass is 409 g/mol. The number of hydrogen-bond donors (Lipinski definition) is 1. The number of benzene rings is 2. The third kappa shape index (κ3) is 5.19. The lowest BCUT2D eigenvalue weighted by Gasteiger charge is -2.17. The molecule has 160 valence electrons. The quantitative estimate of drug-likeness (QED) is 0.510. The Hall–Kier alpha value is -2.86. The maximum atomic E-state index is 12.3. The second-order valence-electron chi connectivity index (χ2n) is 7.61. The molecule has 0 saturated heterocycles. The molecule has 0 aliphatic carbocycles. The zero-order valence-corrected chi connectivity index (χ0v) is 18.2. The van der Waals surface area contributed by atoms with Crippen LogP contribution < -0.4 is 10.1 Å². The lowest BCUT2D eigenvalue weighted by Crippen LogP contribution is -2.31. The number of rotatable bonds is 10. The molecule has 1 N–H and O–H groups in total. The van der Waals surface area contributed by atoms with E-state index in [1.807, 2.05) is 49.4 Å². The van der Waals surface area contributed by atoms with E-state index < -0.39 is 0 Å². The summed E-state index contributed by atoms with van der Waals surface area (Å²) < 4.78 is 12.8. The minimum atomic E-state index is -0.273. The van der Waals surface area contributed by atoms with Crippen molar-refractivity contribution in [3.8, 4) is 5.75 Å². The van der Waals surface area contributed by atoms with Gasteiger partial charge in [-0.1, -0.05) is 24.3 Å². The van der Waals surface area contributed by atoms with E-state index in [1.54, 1.807) is 0 Å². The molecule has 0 unspecified atom stereocenters. The van der Waals surface area contributed by atoms with Crippen LogP contribution in [0.25, 0.3) is 11.0 Å². The molecule has 0 fully saturated rings. The predicted octanol–water partition coefficient (Wildman–Crippen LogP) is 4.14. The van der Waals surface area contributed by atoms with Gasteiger partial charge in [0.05, 0.1) is 37.2 Å². The van der Waals surface area contributed by atoms with Crippen molar-refractivity contribution in [2.45, 2.75) is 39.8 Å². The Bertz CT molecular complexity index is 963. The highest BCUT2D eigenvalue weighted by Gasteiger charge is 2.20. The first-order valence-electron chi connectivity index (χ1n) is 10.5. The van der Waals surface area contributed by atoms with Crippen LogP contribution in [-0.4, -0.2) is 35.8 Å². The molecule has 0 aliphatic heterocycles. The van der Waals surface area contributed by atoms with Crippen molar-refractivity contribution in [1.29, 1.82) is 0 Å². The van der Waals surface area contributed by atoms with Gasteiger partial charge in [0.2, 0.25) is 0 Å². The largest absolute Gasteiger partial charge is 0.494 e. The van der Waals surface area contributed by atoms with Gasteiger partial charge in [-0.2, -0.15) is 0 Å². The fourth-order valence-corrected chi connectivity index (χ4v) is 3.73. The predicted molar refractivity (Wildman–Crippen MR) is 119 cm³/mol. The van der Waals surface area contributed by atoms with E-state index in [0.29, 0.717) is 32.2 Å². The number of carbonyl (C=O) groups is 1. The Kier molecular flexibility index (Phi) is 7.46. The summed E-state index contributed by atoms with van der Waals surface area (Å²) in [5.41, 5.74) is 3.19. The van der Waals surface area contributed by atoms with Gasteiger partial charge >= 0.3 is 5.97 Å². The Labute approximate surface area is 178 Å². The van der Waals surface area contributed by atoms with Gasteiger partial charge in [-0.15, -0.1) is 0 Å². The third-order valence-corrected chi connectivity index (χ3v) is 5.11. The molecule has 6 heteroatoms. The molecule has 0 radical (unpaired) electrons. The molecule has 6 nitrogen and oxygen atoms in total. The van der Waals surface area contributed by atoms with Crippen molar-refractivity contribution < 1.29 is 14.3 Å². The van der Waals surface area contributed by atoms with Gasteiger partial charge in [-0.05, 0) is 57.0 Å². The maximum Gasteiger partial charge on any atom is 0.310 e. The van der Waals surface area contributed by atoms with Gasteiger partial charge < -0.3 is 19.4 Å². The van der Waals surface area contributed by atoms with E-state index in [1.165, 1.54) is 7.11 Å². The molecule has 1 heterocycles. The lowest BCUT2D eigenvalue weighted by molar-refractivity contribution is -0.145. The average molecular weight is 410 g/mol. The van der Waals surface area contributed by atoms with Gasteiger partial charge in [-0.25, -0.2) is 4.98 Å². The van der Waals surface area contributed by atoms with E-state index in [2.05, 4.69) is 29.8 Å². The zero-order chi connectivity index (χ0) is 21.5. The Morgan fingerprint density at radius 2 is 1.87 bits per heavy atom. The van der Waals surface area contributed by atoms with Crippen LogP contribution in [0, 0.1) is 5.92 Å². The van der Waals surface area contributed by atoms with Crippen molar-refractivity contribution >= 4 is 17.0 Å². The zero-order valence-electron chi connectivity index (χ0n) is 18.2. The number of hydrogen-bond acceptors (Lipinski definition) is 5. The van der Waals surface area contributed by atoms with Gasteiger partial charge in [0, 0.05) is 12.6 Å². The number of aromatic nitrogens is 2. The highest BCUT2D eigenvalue weighted by atomic mass is 16.5. The number of para-hydroxylation sites is 2. The van der Waals surface area contributed by atoms with Crippen molar-refractivity contribution in [2.75, 3.05) is 20.3 Å². The molecule has 2 aromatic carbocycles. The highest BCUT2D eigenvalue weighted by molar-refractivity contribution is 5.76. The second-order valence-corrected chi connectivity index (χ2v) is 7.61. The van der Waals surface area contributed by atoms with E-state index in [-0.39, 0.29) is 11.9 Å². The first-order valence-corrected chi connectivity index (χ1v) is 10.5. The third-order valence-electron chi connectivity index (χ3n) is 5.11. The summed E-state index contributed by atoms with van der Waals surface area (Å²) in [4.78, 5) is 17.1. The lowest BCUT2D eigenvalue weighted by atomic mass is 9.99. The fourth-order valence-electron chi connectivity index (χ4n) is 3.73. The van der Waals surface area contributed by atoms with E-state index in [9.17, 15) is 4.79 Å². The van der Waals surface area contributed by atoms with E-state index in [4.69, 9.17) is 14.5 Å². The van der Waals surface area contributed by atoms with E-state index >= 15 is 0 Å². The van der Waals surface area contributed by atoms with Crippen LogP contribution in [0.3, 0.4) is 0 Å². The minimum absolute atomic E-state index is 0.214. The van der Waals surface area contributed by atoms with Gasteiger partial charge in [0.1, 0.15) is 11.6 Å². The molecule has 1 aromatic heterocycles. The van der Waals surface area contributed by atoms with Crippen molar-refractivity contribution in [3.63, 3.8) is 0 Å². The molecular weight excluding hydrogens is 378 g/mol. The molecule has 0 aliphatic rings. The first-order chi connectivity index (χ1) is 14.5. The summed E-state index contributed by atoms with van der Waals surface area (Å²) in [6.45, 7) is 8.00. The standard InChI is InChI=1S/C24H31N3O3/c1-5-30-20-12-10-18(11-13-20)14-19(24(28)29-4)15-25-16-23-26-21-8-6-7-9-22(21)27(23)17(2)3/h6-13,17,19,25H,5,14-16H2,1-4H3/t19-/m1/s1. The number of nitrogens with zero attached hydrogens (tertiary/aromatic N) is 2. The number of imidazole rings is 1. The van der Waals surface area contributed by atoms with Crippen LogP contribution in [0.2, 0.25) is 0 Å². The Balaban J connectivity index is 1.67. The Morgan fingerprint density at radius 3 is 2.53 bits per heavy atom.